The van der Waals surface area contributed by atoms with Gasteiger partial charge in [0.25, 0.3) is 0 Å². The first kappa shape index (κ1) is 10.7. The van der Waals surface area contributed by atoms with E-state index in [2.05, 4.69) is 11.4 Å². The van der Waals surface area contributed by atoms with Gasteiger partial charge in [-0.25, -0.2) is 0 Å². The molecule has 14 heavy (non-hydrogen) atoms. The van der Waals surface area contributed by atoms with Crippen LogP contribution in [0.3, 0.4) is 0 Å². The molecule has 76 valence electrons. The van der Waals surface area contributed by atoms with Crippen LogP contribution in [-0.2, 0) is 4.79 Å². The average Bonchev–Trinajstić information content (AvgIpc) is 2.12. The minimum atomic E-state index is 0.0177. The van der Waals surface area contributed by atoms with E-state index in [0.717, 1.165) is 5.69 Å². The van der Waals surface area contributed by atoms with Gasteiger partial charge < -0.3 is 11.1 Å². The molecule has 0 amide bonds. The molecule has 1 aromatic rings. The van der Waals surface area contributed by atoms with Crippen LogP contribution in [0.15, 0.2) is 18.2 Å². The molecule has 0 aliphatic carbocycles. The number of anilines is 1. The van der Waals surface area contributed by atoms with E-state index in [4.69, 9.17) is 5.73 Å². The maximum Gasteiger partial charge on any atom is 0.165 e. The zero-order valence-corrected chi connectivity index (χ0v) is 8.63. The molecule has 0 saturated heterocycles. The molecule has 0 unspecified atom stereocenters. The molecular formula is C11H16N2O. The van der Waals surface area contributed by atoms with Crippen LogP contribution in [0.1, 0.15) is 11.1 Å². The third-order valence-electron chi connectivity index (χ3n) is 1.94. The number of hydrogen-bond acceptors (Lipinski definition) is 3. The maximum atomic E-state index is 11.0. The summed E-state index contributed by atoms with van der Waals surface area (Å²) < 4.78 is 0. The molecule has 0 spiro atoms. The SMILES string of the molecule is Cc1cc(C)cc(NCC(=O)CN)c1. The second-order valence-electron chi connectivity index (χ2n) is 3.47. The number of carbonyl (C=O) groups excluding carboxylic acids is 1. The van der Waals surface area contributed by atoms with Crippen molar-refractivity contribution in [1.82, 2.24) is 0 Å². The molecule has 3 nitrogen and oxygen atoms in total. The number of Topliss-reactive ketones (excluding diaryl/α,β-unsaturated/α-hetero) is 1. The zero-order chi connectivity index (χ0) is 10.6. The van der Waals surface area contributed by atoms with Gasteiger partial charge in [0.2, 0.25) is 0 Å². The molecule has 1 aromatic carbocycles. The van der Waals surface area contributed by atoms with E-state index >= 15 is 0 Å². The molecule has 0 radical (unpaired) electrons. The lowest BCUT2D eigenvalue weighted by Gasteiger charge is -2.07. The van der Waals surface area contributed by atoms with Crippen LogP contribution in [0.5, 0.6) is 0 Å². The summed E-state index contributed by atoms with van der Waals surface area (Å²) >= 11 is 0. The predicted octanol–water partition coefficient (Wildman–Crippen LogP) is 1.24. The number of nitrogens with two attached hydrogens (primary N) is 1. The van der Waals surface area contributed by atoms with Crippen molar-refractivity contribution >= 4 is 11.5 Å². The van der Waals surface area contributed by atoms with Gasteiger partial charge in [0, 0.05) is 5.69 Å². The fourth-order valence-electron chi connectivity index (χ4n) is 1.35. The summed E-state index contributed by atoms with van der Waals surface area (Å²) in [4.78, 5) is 11.0. The zero-order valence-electron chi connectivity index (χ0n) is 8.63. The van der Waals surface area contributed by atoms with Gasteiger partial charge in [-0.1, -0.05) is 6.07 Å². The topological polar surface area (TPSA) is 55.1 Å². The standard InChI is InChI=1S/C11H16N2O/c1-8-3-9(2)5-10(4-8)13-7-11(14)6-12/h3-5,13H,6-7,12H2,1-2H3. The Morgan fingerprint density at radius 1 is 1.29 bits per heavy atom. The molecule has 3 heteroatoms. The summed E-state index contributed by atoms with van der Waals surface area (Å²) in [6.07, 6.45) is 0. The summed E-state index contributed by atoms with van der Waals surface area (Å²) in [5, 5.41) is 3.05. The minimum absolute atomic E-state index is 0.0177. The van der Waals surface area contributed by atoms with Crippen LogP contribution >= 0.6 is 0 Å². The van der Waals surface area contributed by atoms with Crippen molar-refractivity contribution in [1.29, 1.82) is 0 Å². The van der Waals surface area contributed by atoms with E-state index in [1.165, 1.54) is 11.1 Å². The van der Waals surface area contributed by atoms with E-state index < -0.39 is 0 Å². The summed E-state index contributed by atoms with van der Waals surface area (Å²) in [6, 6.07) is 6.11. The Morgan fingerprint density at radius 3 is 2.36 bits per heavy atom. The molecule has 1 rings (SSSR count). The van der Waals surface area contributed by atoms with Crippen LogP contribution in [0, 0.1) is 13.8 Å². The summed E-state index contributed by atoms with van der Waals surface area (Å²) in [5.41, 5.74) is 8.56. The third kappa shape index (κ3) is 3.18. The molecule has 3 N–H and O–H groups in total. The van der Waals surface area contributed by atoms with Gasteiger partial charge in [0.1, 0.15) is 0 Å². The first-order chi connectivity index (χ1) is 6.61. The Bertz CT molecular complexity index is 314. The second kappa shape index (κ2) is 4.77. The van der Waals surface area contributed by atoms with Gasteiger partial charge in [-0.2, -0.15) is 0 Å². The molecule has 0 heterocycles. The molecule has 0 bridgehead atoms. The van der Waals surface area contributed by atoms with Gasteiger partial charge >= 0.3 is 0 Å². The molecule has 0 aromatic heterocycles. The average molecular weight is 192 g/mol. The van der Waals surface area contributed by atoms with Gasteiger partial charge in [-0.15, -0.1) is 0 Å². The minimum Gasteiger partial charge on any atom is -0.378 e. The second-order valence-corrected chi connectivity index (χ2v) is 3.47. The van der Waals surface area contributed by atoms with E-state index in [9.17, 15) is 4.79 Å². The van der Waals surface area contributed by atoms with Crippen molar-refractivity contribution in [2.45, 2.75) is 13.8 Å². The number of ketones is 1. The largest absolute Gasteiger partial charge is 0.378 e. The molecule has 0 saturated carbocycles. The molecule has 0 atom stereocenters. The summed E-state index contributed by atoms with van der Waals surface area (Å²) in [7, 11) is 0. The number of aryl methyl sites for hydroxylation is 2. The van der Waals surface area contributed by atoms with Crippen LogP contribution < -0.4 is 11.1 Å². The molecule has 0 fully saturated rings. The van der Waals surface area contributed by atoms with Gasteiger partial charge in [0.15, 0.2) is 5.78 Å². The van der Waals surface area contributed by atoms with Crippen LogP contribution in [0.25, 0.3) is 0 Å². The molecule has 0 aliphatic rings. The Kier molecular flexibility index (Phi) is 3.65. The molecule has 0 aliphatic heterocycles. The Morgan fingerprint density at radius 2 is 1.86 bits per heavy atom. The number of hydrogen-bond donors (Lipinski definition) is 2. The number of nitrogens with one attached hydrogen (secondary N) is 1. The number of benzene rings is 1. The lowest BCUT2D eigenvalue weighted by molar-refractivity contribution is -0.116. The van der Waals surface area contributed by atoms with Crippen LogP contribution in [-0.4, -0.2) is 18.9 Å². The van der Waals surface area contributed by atoms with Gasteiger partial charge in [-0.3, -0.25) is 4.79 Å². The summed E-state index contributed by atoms with van der Waals surface area (Å²) in [5.74, 6) is 0.0177. The Labute approximate surface area is 84.3 Å². The third-order valence-corrected chi connectivity index (χ3v) is 1.94. The normalized spacial score (nSPS) is 9.93. The highest BCUT2D eigenvalue weighted by Crippen LogP contribution is 2.13. The monoisotopic (exact) mass is 192 g/mol. The maximum absolute atomic E-state index is 11.0. The van der Waals surface area contributed by atoms with Crippen molar-refractivity contribution < 1.29 is 4.79 Å². The van der Waals surface area contributed by atoms with Gasteiger partial charge in [0.05, 0.1) is 13.1 Å². The van der Waals surface area contributed by atoms with Crippen molar-refractivity contribution in [2.75, 3.05) is 18.4 Å². The van der Waals surface area contributed by atoms with E-state index in [-0.39, 0.29) is 12.3 Å². The van der Waals surface area contributed by atoms with Crippen LogP contribution in [0.4, 0.5) is 5.69 Å². The van der Waals surface area contributed by atoms with Crippen molar-refractivity contribution in [3.8, 4) is 0 Å². The van der Waals surface area contributed by atoms with E-state index in [1.54, 1.807) is 0 Å². The first-order valence-corrected chi connectivity index (χ1v) is 4.66. The smallest absolute Gasteiger partial charge is 0.165 e. The van der Waals surface area contributed by atoms with Crippen molar-refractivity contribution in [2.24, 2.45) is 5.73 Å². The first-order valence-electron chi connectivity index (χ1n) is 4.66. The quantitative estimate of drug-likeness (QED) is 0.754. The fraction of sp³-hybridized carbons (Fsp3) is 0.364. The Hall–Kier alpha value is -1.35. The Balaban J connectivity index is 2.63. The highest BCUT2D eigenvalue weighted by Gasteiger charge is 1.99. The van der Waals surface area contributed by atoms with E-state index in [1.807, 2.05) is 26.0 Å². The number of carbonyl (C=O) groups is 1. The van der Waals surface area contributed by atoms with E-state index in [0.29, 0.717) is 6.54 Å². The lowest BCUT2D eigenvalue weighted by atomic mass is 10.1. The van der Waals surface area contributed by atoms with Gasteiger partial charge in [-0.05, 0) is 37.1 Å². The highest BCUT2D eigenvalue weighted by molar-refractivity contribution is 5.84. The molecular weight excluding hydrogens is 176 g/mol. The van der Waals surface area contributed by atoms with Crippen molar-refractivity contribution in [3.63, 3.8) is 0 Å². The highest BCUT2D eigenvalue weighted by atomic mass is 16.1. The predicted molar refractivity (Wildman–Crippen MR) is 58.5 cm³/mol. The number of rotatable bonds is 4. The fourth-order valence-corrected chi connectivity index (χ4v) is 1.35. The lowest BCUT2D eigenvalue weighted by Crippen LogP contribution is -2.22. The summed E-state index contributed by atoms with van der Waals surface area (Å²) in [6.45, 7) is 4.46. The van der Waals surface area contributed by atoms with Crippen LogP contribution in [0.2, 0.25) is 0 Å². The van der Waals surface area contributed by atoms with Crippen molar-refractivity contribution in [3.05, 3.63) is 29.3 Å².